The van der Waals surface area contributed by atoms with Crippen LogP contribution >= 0.6 is 23.2 Å². The van der Waals surface area contributed by atoms with Crippen LogP contribution in [0.4, 0.5) is 0 Å². The van der Waals surface area contributed by atoms with Crippen LogP contribution in [0.15, 0.2) is 48.5 Å². The average molecular weight is 905 g/mol. The van der Waals surface area contributed by atoms with Crippen LogP contribution in [-0.4, -0.2) is 105 Å². The summed E-state index contributed by atoms with van der Waals surface area (Å²) in [5.74, 6) is 3.10. The molecule has 0 aromatic heterocycles. The van der Waals surface area contributed by atoms with E-state index in [1.807, 2.05) is 24.3 Å². The first-order valence-corrected chi connectivity index (χ1v) is 25.1. The molecule has 7 rings (SSSR count). The summed E-state index contributed by atoms with van der Waals surface area (Å²) in [5.41, 5.74) is 6.98. The Morgan fingerprint density at radius 1 is 0.825 bits per heavy atom. The molecule has 3 aromatic rings. The number of halogens is 2. The highest BCUT2D eigenvalue weighted by molar-refractivity contribution is 6.31. The van der Waals surface area contributed by atoms with Gasteiger partial charge in [-0.05, 0) is 167 Å². The van der Waals surface area contributed by atoms with Gasteiger partial charge in [0.05, 0.1) is 25.9 Å². The van der Waals surface area contributed by atoms with Gasteiger partial charge in [0.1, 0.15) is 11.5 Å². The fourth-order valence-corrected chi connectivity index (χ4v) is 10.9. The van der Waals surface area contributed by atoms with E-state index in [-0.39, 0.29) is 23.7 Å². The Hall–Kier alpha value is -2.85. The summed E-state index contributed by atoms with van der Waals surface area (Å²) in [4.78, 5) is 20.7. The van der Waals surface area contributed by atoms with Crippen LogP contribution in [-0.2, 0) is 32.5 Å². The fraction of sp³-hybridized carbons (Fsp3) is 0.642. The molecule has 8 nitrogen and oxygen atoms in total. The third-order valence-corrected chi connectivity index (χ3v) is 14.7. The van der Waals surface area contributed by atoms with Crippen molar-refractivity contribution in [3.05, 3.63) is 92.0 Å². The molecule has 4 saturated heterocycles. The molecule has 0 aliphatic carbocycles. The normalized spacial score (nSPS) is 22.5. The highest BCUT2D eigenvalue weighted by Gasteiger charge is 2.36. The molecule has 4 aliphatic heterocycles. The van der Waals surface area contributed by atoms with E-state index >= 15 is 0 Å². The minimum Gasteiger partial charge on any atom is -0.493 e. The molecule has 4 atom stereocenters. The van der Waals surface area contributed by atoms with Crippen LogP contribution in [0.2, 0.25) is 10.0 Å². The van der Waals surface area contributed by atoms with E-state index in [0.29, 0.717) is 55.9 Å². The van der Waals surface area contributed by atoms with Gasteiger partial charge in [-0.1, -0.05) is 74.7 Å². The van der Waals surface area contributed by atoms with Crippen LogP contribution in [0.25, 0.3) is 0 Å². The average Bonchev–Trinajstić information content (AvgIpc) is 3.95. The maximum Gasteiger partial charge on any atom is 0.222 e. The van der Waals surface area contributed by atoms with Crippen molar-refractivity contribution < 1.29 is 23.7 Å². The molecule has 63 heavy (non-hydrogen) atoms. The molecule has 4 heterocycles. The fourth-order valence-electron chi connectivity index (χ4n) is 10.3. The zero-order valence-corrected chi connectivity index (χ0v) is 40.5. The van der Waals surface area contributed by atoms with Crippen molar-refractivity contribution in [2.75, 3.05) is 72.2 Å². The lowest BCUT2D eigenvalue weighted by molar-refractivity contribution is -0.130. The highest BCUT2D eigenvalue weighted by atomic mass is 35.5. The summed E-state index contributed by atoms with van der Waals surface area (Å²) in [6.45, 7) is 21.2. The number of hydrogen-bond acceptors (Lipinski definition) is 7. The summed E-state index contributed by atoms with van der Waals surface area (Å²) in [7, 11) is 0. The number of carbonyl (C=O) groups is 1. The monoisotopic (exact) mass is 904 g/mol. The van der Waals surface area contributed by atoms with Gasteiger partial charge in [0.15, 0.2) is 6.29 Å². The number of nitrogens with zero attached hydrogens (tertiary/aromatic N) is 3. The summed E-state index contributed by atoms with van der Waals surface area (Å²) < 4.78 is 25.3. The quantitative estimate of drug-likeness (QED) is 0.111. The van der Waals surface area contributed by atoms with E-state index in [9.17, 15) is 4.79 Å². The minimum absolute atomic E-state index is 0.121. The second-order valence-corrected chi connectivity index (χ2v) is 20.8. The van der Waals surface area contributed by atoms with Crippen molar-refractivity contribution in [1.82, 2.24) is 14.7 Å². The Morgan fingerprint density at radius 2 is 1.59 bits per heavy atom. The molecular weight excluding hydrogens is 830 g/mol. The largest absolute Gasteiger partial charge is 0.493 e. The Morgan fingerprint density at radius 3 is 2.38 bits per heavy atom. The van der Waals surface area contributed by atoms with Crippen molar-refractivity contribution >= 4 is 29.1 Å². The van der Waals surface area contributed by atoms with Crippen LogP contribution in [0.5, 0.6) is 11.5 Å². The smallest absolute Gasteiger partial charge is 0.222 e. The van der Waals surface area contributed by atoms with Gasteiger partial charge in [0.2, 0.25) is 5.91 Å². The van der Waals surface area contributed by atoms with Gasteiger partial charge in [0, 0.05) is 61.1 Å². The molecule has 0 N–H and O–H groups in total. The van der Waals surface area contributed by atoms with Gasteiger partial charge in [-0.25, -0.2) is 0 Å². The molecule has 4 fully saturated rings. The second kappa shape index (κ2) is 23.1. The van der Waals surface area contributed by atoms with E-state index < -0.39 is 0 Å². The number of benzene rings is 3. The minimum atomic E-state index is -0.129. The third kappa shape index (κ3) is 13.8. The van der Waals surface area contributed by atoms with Crippen LogP contribution < -0.4 is 9.47 Å². The highest BCUT2D eigenvalue weighted by Crippen LogP contribution is 2.37. The number of ether oxygens (including phenoxy) is 4. The Balaban J connectivity index is 0.818. The Kier molecular flexibility index (Phi) is 17.6. The first-order valence-electron chi connectivity index (χ1n) is 24.3. The summed E-state index contributed by atoms with van der Waals surface area (Å²) in [5, 5.41) is 1.38. The van der Waals surface area contributed by atoms with Crippen molar-refractivity contribution in [3.63, 3.8) is 0 Å². The van der Waals surface area contributed by atoms with E-state index in [2.05, 4.69) is 73.6 Å². The van der Waals surface area contributed by atoms with Gasteiger partial charge >= 0.3 is 0 Å². The Labute approximate surface area is 389 Å². The SMILES string of the molecule is Cc1cc(Cl)c(Cc2cc(Cl)ccc2OCCCC(=O)N2CCC(C3CCCN(CC4COC(CCc5ccc(C(C)(C)C)cc5)O4)C3)C2)c(C)c1OCCCCN1CCCCC1. The number of rotatable bonds is 19. The number of hydrogen-bond donors (Lipinski definition) is 0. The van der Waals surface area contributed by atoms with Gasteiger partial charge in [-0.15, -0.1) is 0 Å². The lowest BCUT2D eigenvalue weighted by atomic mass is 9.85. The summed E-state index contributed by atoms with van der Waals surface area (Å²) in [6.07, 6.45) is 13.3. The lowest BCUT2D eigenvalue weighted by Gasteiger charge is -2.36. The number of amides is 1. The van der Waals surface area contributed by atoms with Crippen molar-refractivity contribution in [2.45, 2.75) is 136 Å². The van der Waals surface area contributed by atoms with E-state index in [1.54, 1.807) is 0 Å². The number of piperidine rings is 2. The number of carbonyl (C=O) groups excluding carboxylic acids is 1. The molecule has 346 valence electrons. The first-order chi connectivity index (χ1) is 30.4. The van der Waals surface area contributed by atoms with E-state index in [4.69, 9.17) is 42.1 Å². The molecular formula is C53H75Cl2N3O5. The molecule has 0 saturated carbocycles. The van der Waals surface area contributed by atoms with Crippen LogP contribution in [0, 0.1) is 25.7 Å². The zero-order chi connectivity index (χ0) is 44.3. The maximum absolute atomic E-state index is 13.5. The maximum atomic E-state index is 13.5. The second-order valence-electron chi connectivity index (χ2n) is 20.0. The van der Waals surface area contributed by atoms with Crippen LogP contribution in [0.3, 0.4) is 0 Å². The third-order valence-electron chi connectivity index (χ3n) is 14.1. The van der Waals surface area contributed by atoms with Gasteiger partial charge in [0.25, 0.3) is 0 Å². The number of unbranched alkanes of at least 4 members (excludes halogenated alkanes) is 1. The van der Waals surface area contributed by atoms with E-state index in [1.165, 1.54) is 56.3 Å². The topological polar surface area (TPSA) is 63.7 Å². The zero-order valence-electron chi connectivity index (χ0n) is 39.0. The number of aryl methyl sites for hydroxylation is 2. The summed E-state index contributed by atoms with van der Waals surface area (Å²) in [6, 6.07) is 16.8. The first kappa shape index (κ1) is 48.1. The molecule has 10 heteroatoms. The molecule has 3 aromatic carbocycles. The standard InChI is InChI=1S/C53H75Cl2N3O5/c1-38-31-48(55)47(39(2)52(38)61-29-10-9-26-56-24-7-6-8-25-56)33-43-32-45(54)20-21-49(43)60-30-12-14-50(59)58-28-23-42(35-58)41-13-11-27-57(34-41)36-46-37-62-51(63-46)22-17-40-15-18-44(19-16-40)53(3,4)5/h15-16,18-21,31-32,41-42,46,51H,6-14,17,22-30,33-37H2,1-5H3. The molecule has 4 unspecified atom stereocenters. The molecule has 1 amide bonds. The molecule has 0 bridgehead atoms. The van der Waals surface area contributed by atoms with Gasteiger partial charge in [-0.2, -0.15) is 0 Å². The molecule has 4 aliphatic rings. The number of likely N-dealkylation sites (tertiary alicyclic amines) is 3. The van der Waals surface area contributed by atoms with Crippen LogP contribution in [0.1, 0.15) is 125 Å². The lowest BCUT2D eigenvalue weighted by Crippen LogP contribution is -2.43. The Bertz CT molecular complexity index is 1930. The van der Waals surface area contributed by atoms with E-state index in [0.717, 1.165) is 110 Å². The summed E-state index contributed by atoms with van der Waals surface area (Å²) >= 11 is 13.4. The predicted octanol–water partition coefficient (Wildman–Crippen LogP) is 11.2. The molecule has 0 spiro atoms. The van der Waals surface area contributed by atoms with Gasteiger partial charge in [-0.3, -0.25) is 4.79 Å². The van der Waals surface area contributed by atoms with Crippen molar-refractivity contribution in [2.24, 2.45) is 11.8 Å². The van der Waals surface area contributed by atoms with Crippen molar-refractivity contribution in [3.8, 4) is 11.5 Å². The van der Waals surface area contributed by atoms with Gasteiger partial charge < -0.3 is 33.6 Å². The molecule has 0 radical (unpaired) electrons. The van der Waals surface area contributed by atoms with Crippen molar-refractivity contribution in [1.29, 1.82) is 0 Å². The predicted molar refractivity (Wildman–Crippen MR) is 257 cm³/mol.